The van der Waals surface area contributed by atoms with Crippen LogP contribution in [0.1, 0.15) is 16.8 Å². The maximum absolute atomic E-state index is 12.6. The molecule has 7 nitrogen and oxygen atoms in total. The minimum Gasteiger partial charge on any atom is -0.493 e. The van der Waals surface area contributed by atoms with Gasteiger partial charge in [0, 0.05) is 19.2 Å². The first-order valence-corrected chi connectivity index (χ1v) is 7.91. The van der Waals surface area contributed by atoms with Gasteiger partial charge in [0.2, 0.25) is 10.0 Å². The maximum atomic E-state index is 12.6. The van der Waals surface area contributed by atoms with Crippen LogP contribution in [0.25, 0.3) is 0 Å². The normalized spacial score (nSPS) is 15.8. The summed E-state index contributed by atoms with van der Waals surface area (Å²) in [4.78, 5) is 11.2. The number of nitrogens with zero attached hydrogens (tertiary/aromatic N) is 1. The predicted molar refractivity (Wildman–Crippen MR) is 79.0 cm³/mol. The fourth-order valence-corrected chi connectivity index (χ4v) is 3.80. The molecule has 1 aliphatic rings. The molecule has 0 saturated carbocycles. The first-order chi connectivity index (χ1) is 10.3. The van der Waals surface area contributed by atoms with Gasteiger partial charge in [-0.15, -0.1) is 0 Å². The average molecular weight is 327 g/mol. The number of benzene rings is 1. The van der Waals surface area contributed by atoms with Crippen molar-refractivity contribution in [3.8, 4) is 11.5 Å². The predicted octanol–water partition coefficient (Wildman–Crippen LogP) is 1.35. The fraction of sp³-hybridized carbons (Fsp3) is 0.357. The summed E-state index contributed by atoms with van der Waals surface area (Å²) in [5.74, 6) is -1.25. The molecule has 1 aromatic rings. The summed E-state index contributed by atoms with van der Waals surface area (Å²) in [5.41, 5.74) is 0.556. The summed E-state index contributed by atoms with van der Waals surface area (Å²) >= 11 is 0. The molecule has 0 bridgehead atoms. The Balaban J connectivity index is 2.58. The van der Waals surface area contributed by atoms with Gasteiger partial charge in [0.05, 0.1) is 19.1 Å². The lowest BCUT2D eigenvalue weighted by Crippen LogP contribution is -2.28. The van der Waals surface area contributed by atoms with Gasteiger partial charge in [-0.05, 0) is 12.5 Å². The molecule has 0 atom stereocenters. The van der Waals surface area contributed by atoms with Crippen LogP contribution < -0.4 is 9.47 Å². The van der Waals surface area contributed by atoms with Crippen molar-refractivity contribution in [2.75, 3.05) is 27.3 Å². The Morgan fingerprint density at radius 2 is 2.00 bits per heavy atom. The molecule has 0 unspecified atom stereocenters. The van der Waals surface area contributed by atoms with Crippen LogP contribution in [0.15, 0.2) is 29.2 Å². The zero-order valence-corrected chi connectivity index (χ0v) is 13.1. The molecule has 0 amide bonds. The SMILES string of the molecule is C=C1CCN(S(=O)(=O)c2cc(OC)c(OC)c(C(=O)O)c2)C1. The van der Waals surface area contributed by atoms with E-state index in [1.54, 1.807) is 0 Å². The highest BCUT2D eigenvalue weighted by molar-refractivity contribution is 7.89. The Morgan fingerprint density at radius 1 is 1.32 bits per heavy atom. The van der Waals surface area contributed by atoms with Crippen LogP contribution in [-0.2, 0) is 10.0 Å². The lowest BCUT2D eigenvalue weighted by Gasteiger charge is -2.18. The van der Waals surface area contributed by atoms with E-state index >= 15 is 0 Å². The maximum Gasteiger partial charge on any atom is 0.339 e. The number of methoxy groups -OCH3 is 2. The Labute approximate surface area is 128 Å². The number of carbonyl (C=O) groups is 1. The quantitative estimate of drug-likeness (QED) is 0.821. The first-order valence-electron chi connectivity index (χ1n) is 6.47. The molecule has 120 valence electrons. The molecular formula is C14H17NO6S. The van der Waals surface area contributed by atoms with Crippen molar-refractivity contribution in [3.05, 3.63) is 29.8 Å². The Bertz CT molecular complexity index is 725. The van der Waals surface area contributed by atoms with Crippen molar-refractivity contribution in [2.24, 2.45) is 0 Å². The van der Waals surface area contributed by atoms with E-state index in [0.717, 1.165) is 11.6 Å². The van der Waals surface area contributed by atoms with Crippen molar-refractivity contribution < 1.29 is 27.8 Å². The zero-order chi connectivity index (χ0) is 16.5. The average Bonchev–Trinajstić information content (AvgIpc) is 2.92. The highest BCUT2D eigenvalue weighted by Crippen LogP contribution is 2.35. The standard InChI is InChI=1S/C14H17NO6S/c1-9-4-5-15(8-9)22(18,19)10-6-11(14(16)17)13(21-3)12(7-10)20-2/h6-7H,1,4-5,8H2,2-3H3,(H,16,17). The van der Waals surface area contributed by atoms with E-state index in [4.69, 9.17) is 9.47 Å². The van der Waals surface area contributed by atoms with Gasteiger partial charge < -0.3 is 14.6 Å². The Morgan fingerprint density at radius 3 is 2.45 bits per heavy atom. The summed E-state index contributed by atoms with van der Waals surface area (Å²) in [7, 11) is -1.20. The monoisotopic (exact) mass is 327 g/mol. The van der Waals surface area contributed by atoms with Crippen molar-refractivity contribution in [2.45, 2.75) is 11.3 Å². The molecule has 0 aromatic heterocycles. The van der Waals surface area contributed by atoms with Crippen LogP contribution in [0.2, 0.25) is 0 Å². The van der Waals surface area contributed by atoms with E-state index in [-0.39, 0.29) is 28.5 Å². The van der Waals surface area contributed by atoms with Crippen LogP contribution >= 0.6 is 0 Å². The lowest BCUT2D eigenvalue weighted by atomic mass is 10.2. The Kier molecular flexibility index (Phi) is 4.43. The molecule has 1 N–H and O–H groups in total. The molecule has 2 rings (SSSR count). The minimum absolute atomic E-state index is 0.0141. The summed E-state index contributed by atoms with van der Waals surface area (Å²) in [6.07, 6.45) is 0.596. The molecule has 22 heavy (non-hydrogen) atoms. The number of hydrogen-bond donors (Lipinski definition) is 1. The van der Waals surface area contributed by atoms with E-state index in [9.17, 15) is 18.3 Å². The smallest absolute Gasteiger partial charge is 0.339 e. The van der Waals surface area contributed by atoms with Crippen LogP contribution in [0.4, 0.5) is 0 Å². The first kappa shape index (κ1) is 16.3. The van der Waals surface area contributed by atoms with Crippen molar-refractivity contribution in [1.29, 1.82) is 0 Å². The second-order valence-corrected chi connectivity index (χ2v) is 6.79. The third-order valence-electron chi connectivity index (χ3n) is 3.44. The van der Waals surface area contributed by atoms with Gasteiger partial charge in [0.15, 0.2) is 11.5 Å². The number of rotatable bonds is 5. The van der Waals surface area contributed by atoms with Crippen LogP contribution in [0.5, 0.6) is 11.5 Å². The number of ether oxygens (including phenoxy) is 2. The summed E-state index contributed by atoms with van der Waals surface area (Å²) < 4.78 is 36.6. The highest BCUT2D eigenvalue weighted by Gasteiger charge is 2.31. The lowest BCUT2D eigenvalue weighted by molar-refractivity contribution is 0.0692. The zero-order valence-electron chi connectivity index (χ0n) is 12.3. The summed E-state index contributed by atoms with van der Waals surface area (Å²) in [6, 6.07) is 2.35. The van der Waals surface area contributed by atoms with E-state index < -0.39 is 16.0 Å². The van der Waals surface area contributed by atoms with Crippen molar-refractivity contribution in [1.82, 2.24) is 4.31 Å². The second-order valence-electron chi connectivity index (χ2n) is 4.85. The van der Waals surface area contributed by atoms with Crippen molar-refractivity contribution in [3.63, 3.8) is 0 Å². The second kappa shape index (κ2) is 5.98. The molecule has 1 heterocycles. The van der Waals surface area contributed by atoms with Gasteiger partial charge in [-0.25, -0.2) is 13.2 Å². The molecule has 0 spiro atoms. The van der Waals surface area contributed by atoms with Gasteiger partial charge in [-0.2, -0.15) is 4.31 Å². The molecule has 0 radical (unpaired) electrons. The topological polar surface area (TPSA) is 93.1 Å². The number of aromatic carboxylic acids is 1. The van der Waals surface area contributed by atoms with E-state index in [0.29, 0.717) is 13.0 Å². The number of carboxylic acids is 1. The fourth-order valence-electron chi connectivity index (χ4n) is 2.29. The molecule has 8 heteroatoms. The number of hydrogen-bond acceptors (Lipinski definition) is 5. The summed E-state index contributed by atoms with van der Waals surface area (Å²) in [6.45, 7) is 4.34. The van der Waals surface area contributed by atoms with Gasteiger partial charge in [0.1, 0.15) is 5.56 Å². The van der Waals surface area contributed by atoms with Gasteiger partial charge in [0.25, 0.3) is 0 Å². The molecular weight excluding hydrogens is 310 g/mol. The largest absolute Gasteiger partial charge is 0.493 e. The molecule has 1 saturated heterocycles. The molecule has 1 fully saturated rings. The van der Waals surface area contributed by atoms with Gasteiger partial charge >= 0.3 is 5.97 Å². The van der Waals surface area contributed by atoms with Gasteiger partial charge in [-0.1, -0.05) is 12.2 Å². The molecule has 0 aliphatic carbocycles. The summed E-state index contributed by atoms with van der Waals surface area (Å²) in [5, 5.41) is 9.26. The third kappa shape index (κ3) is 2.79. The van der Waals surface area contributed by atoms with Crippen LogP contribution in [0.3, 0.4) is 0 Å². The Hall–Kier alpha value is -2.06. The van der Waals surface area contributed by atoms with E-state index in [2.05, 4.69) is 6.58 Å². The van der Waals surface area contributed by atoms with Crippen molar-refractivity contribution >= 4 is 16.0 Å². The number of carboxylic acid groups (broad SMARTS) is 1. The van der Waals surface area contributed by atoms with Crippen LogP contribution in [0, 0.1) is 0 Å². The number of sulfonamides is 1. The third-order valence-corrected chi connectivity index (χ3v) is 5.26. The molecule has 1 aromatic carbocycles. The van der Waals surface area contributed by atoms with Crippen LogP contribution in [-0.4, -0.2) is 51.1 Å². The van der Waals surface area contributed by atoms with E-state index in [1.807, 2.05) is 0 Å². The molecule has 1 aliphatic heterocycles. The van der Waals surface area contributed by atoms with E-state index in [1.165, 1.54) is 24.6 Å². The highest BCUT2D eigenvalue weighted by atomic mass is 32.2. The minimum atomic E-state index is -3.81. The van der Waals surface area contributed by atoms with Gasteiger partial charge in [-0.3, -0.25) is 0 Å².